The van der Waals surface area contributed by atoms with Crippen LogP contribution in [-0.2, 0) is 11.2 Å². The number of carbonyl (C=O) groups excluding carboxylic acids is 1. The third-order valence-electron chi connectivity index (χ3n) is 1.40. The number of hydrogen-bond acceptors (Lipinski definition) is 4. The number of ether oxygens (including phenoxy) is 1. The number of rotatable bonds is 3. The van der Waals surface area contributed by atoms with Gasteiger partial charge >= 0.3 is 5.97 Å². The molecule has 4 heteroatoms. The van der Waals surface area contributed by atoms with Crippen molar-refractivity contribution in [3.05, 3.63) is 16.6 Å². The Labute approximate surface area is 75.5 Å². The lowest BCUT2D eigenvalue weighted by Gasteiger charge is -1.95. The molecule has 0 atom stereocenters. The molecule has 0 fully saturated rings. The fraction of sp³-hybridized carbons (Fsp3) is 0.500. The largest absolute Gasteiger partial charge is 0.462 e. The van der Waals surface area contributed by atoms with Crippen LogP contribution in [0, 0.1) is 0 Å². The van der Waals surface area contributed by atoms with E-state index in [1.54, 1.807) is 13.0 Å². The van der Waals surface area contributed by atoms with Gasteiger partial charge in [-0.3, -0.25) is 0 Å². The highest BCUT2D eigenvalue weighted by atomic mass is 32.1. The monoisotopic (exact) mass is 185 g/mol. The maximum Gasteiger partial charge on any atom is 0.349 e. The first-order valence-corrected chi connectivity index (χ1v) is 4.68. The summed E-state index contributed by atoms with van der Waals surface area (Å²) in [5.41, 5.74) is 0.947. The molecule has 0 radical (unpaired) electrons. The number of aromatic nitrogens is 1. The van der Waals surface area contributed by atoms with Crippen LogP contribution in [0.2, 0.25) is 0 Å². The van der Waals surface area contributed by atoms with Gasteiger partial charge in [-0.1, -0.05) is 6.92 Å². The fourth-order valence-electron chi connectivity index (χ4n) is 0.777. The highest BCUT2D eigenvalue weighted by Gasteiger charge is 2.09. The van der Waals surface area contributed by atoms with Crippen molar-refractivity contribution < 1.29 is 9.53 Å². The van der Waals surface area contributed by atoms with E-state index >= 15 is 0 Å². The average molecular weight is 185 g/mol. The summed E-state index contributed by atoms with van der Waals surface area (Å²) >= 11 is 1.20. The first-order valence-electron chi connectivity index (χ1n) is 3.90. The van der Waals surface area contributed by atoms with Crippen molar-refractivity contribution in [2.24, 2.45) is 0 Å². The van der Waals surface area contributed by atoms with Crippen LogP contribution in [0.25, 0.3) is 0 Å². The molecule has 0 bridgehead atoms. The van der Waals surface area contributed by atoms with Gasteiger partial charge in [-0.25, -0.2) is 4.79 Å². The first kappa shape index (κ1) is 9.19. The quantitative estimate of drug-likeness (QED) is 0.675. The van der Waals surface area contributed by atoms with Gasteiger partial charge in [0.15, 0.2) is 0 Å². The summed E-state index contributed by atoms with van der Waals surface area (Å²) in [4.78, 5) is 11.7. The number of carbonyl (C=O) groups is 1. The van der Waals surface area contributed by atoms with Crippen LogP contribution in [0.1, 0.15) is 29.2 Å². The molecule has 0 aromatic carbocycles. The van der Waals surface area contributed by atoms with Crippen molar-refractivity contribution in [1.82, 2.24) is 4.37 Å². The Kier molecular flexibility index (Phi) is 3.22. The van der Waals surface area contributed by atoms with Gasteiger partial charge in [0.1, 0.15) is 4.88 Å². The molecule has 0 aliphatic rings. The third-order valence-corrected chi connectivity index (χ3v) is 2.20. The molecule has 1 heterocycles. The van der Waals surface area contributed by atoms with Crippen molar-refractivity contribution in [2.75, 3.05) is 6.61 Å². The molecule has 1 rings (SSSR count). The second-order valence-electron chi connectivity index (χ2n) is 2.26. The van der Waals surface area contributed by atoms with Gasteiger partial charge in [0.25, 0.3) is 0 Å². The topological polar surface area (TPSA) is 39.2 Å². The Bertz CT molecular complexity index is 270. The molecule has 12 heavy (non-hydrogen) atoms. The Balaban J connectivity index is 2.68. The third kappa shape index (κ3) is 2.04. The Hall–Kier alpha value is -0.900. The van der Waals surface area contributed by atoms with Crippen molar-refractivity contribution in [2.45, 2.75) is 20.3 Å². The standard InChI is InChI=1S/C8H11NO2S/c1-3-6-5-7(12-9-6)8(10)11-4-2/h5H,3-4H2,1-2H3. The van der Waals surface area contributed by atoms with Gasteiger partial charge in [0.05, 0.1) is 12.3 Å². The van der Waals surface area contributed by atoms with Crippen LogP contribution < -0.4 is 0 Å². The maximum absolute atomic E-state index is 11.1. The van der Waals surface area contributed by atoms with Gasteiger partial charge in [0, 0.05) is 0 Å². The molecule has 0 saturated carbocycles. The SMILES string of the molecule is CCOC(=O)c1cc(CC)ns1. The second kappa shape index (κ2) is 4.21. The molecular formula is C8H11NO2S. The predicted octanol–water partition coefficient (Wildman–Crippen LogP) is 1.88. The predicted molar refractivity (Wildman–Crippen MR) is 47.4 cm³/mol. The zero-order valence-electron chi connectivity index (χ0n) is 7.16. The van der Waals surface area contributed by atoms with E-state index in [0.29, 0.717) is 11.5 Å². The minimum atomic E-state index is -0.269. The molecule has 0 unspecified atom stereocenters. The Morgan fingerprint density at radius 3 is 2.92 bits per heavy atom. The summed E-state index contributed by atoms with van der Waals surface area (Å²) in [7, 11) is 0. The van der Waals surface area contributed by atoms with E-state index in [1.807, 2.05) is 6.92 Å². The summed E-state index contributed by atoms with van der Waals surface area (Å²) in [6.45, 7) is 4.21. The summed E-state index contributed by atoms with van der Waals surface area (Å²) in [6.07, 6.45) is 0.857. The van der Waals surface area contributed by atoms with Crippen LogP contribution in [0.15, 0.2) is 6.07 Å². The van der Waals surface area contributed by atoms with Crippen LogP contribution in [-0.4, -0.2) is 16.9 Å². The number of aryl methyl sites for hydroxylation is 1. The van der Waals surface area contributed by atoms with Crippen LogP contribution in [0.3, 0.4) is 0 Å². The van der Waals surface area contributed by atoms with E-state index in [4.69, 9.17) is 4.74 Å². The van der Waals surface area contributed by atoms with Crippen molar-refractivity contribution >= 4 is 17.5 Å². The first-order chi connectivity index (χ1) is 5.77. The molecule has 3 nitrogen and oxygen atoms in total. The summed E-state index contributed by atoms with van der Waals surface area (Å²) in [5, 5.41) is 0. The van der Waals surface area contributed by atoms with Crippen molar-refractivity contribution in [3.63, 3.8) is 0 Å². The lowest BCUT2D eigenvalue weighted by Crippen LogP contribution is -2.01. The fourth-order valence-corrected chi connectivity index (χ4v) is 1.50. The molecule has 0 saturated heterocycles. The van der Waals surface area contributed by atoms with Gasteiger partial charge in [-0.15, -0.1) is 0 Å². The lowest BCUT2D eigenvalue weighted by molar-refractivity contribution is 0.0532. The molecule has 66 valence electrons. The zero-order chi connectivity index (χ0) is 8.97. The Morgan fingerprint density at radius 2 is 2.42 bits per heavy atom. The van der Waals surface area contributed by atoms with E-state index < -0.39 is 0 Å². The van der Waals surface area contributed by atoms with Crippen molar-refractivity contribution in [3.8, 4) is 0 Å². The summed E-state index contributed by atoms with van der Waals surface area (Å²) in [5.74, 6) is -0.269. The van der Waals surface area contributed by atoms with Gasteiger partial charge in [-0.2, -0.15) is 4.37 Å². The molecular weight excluding hydrogens is 174 g/mol. The molecule has 0 N–H and O–H groups in total. The lowest BCUT2D eigenvalue weighted by atomic mass is 10.3. The van der Waals surface area contributed by atoms with E-state index in [2.05, 4.69) is 4.37 Å². The minimum absolute atomic E-state index is 0.269. The van der Waals surface area contributed by atoms with Gasteiger partial charge in [-0.05, 0) is 30.9 Å². The molecule has 0 spiro atoms. The van der Waals surface area contributed by atoms with Gasteiger partial charge < -0.3 is 4.74 Å². The average Bonchev–Trinajstić information content (AvgIpc) is 2.52. The summed E-state index contributed by atoms with van der Waals surface area (Å²) < 4.78 is 8.90. The molecule has 1 aromatic rings. The maximum atomic E-state index is 11.1. The van der Waals surface area contributed by atoms with E-state index in [9.17, 15) is 4.79 Å². The molecule has 1 aromatic heterocycles. The van der Waals surface area contributed by atoms with Crippen LogP contribution in [0.5, 0.6) is 0 Å². The molecule has 0 aliphatic heterocycles. The van der Waals surface area contributed by atoms with Crippen molar-refractivity contribution in [1.29, 1.82) is 0 Å². The molecule has 0 amide bonds. The minimum Gasteiger partial charge on any atom is -0.462 e. The molecule has 0 aliphatic carbocycles. The van der Waals surface area contributed by atoms with E-state index in [1.165, 1.54) is 11.5 Å². The smallest absolute Gasteiger partial charge is 0.349 e. The highest BCUT2D eigenvalue weighted by Crippen LogP contribution is 2.11. The van der Waals surface area contributed by atoms with E-state index in [-0.39, 0.29) is 5.97 Å². The van der Waals surface area contributed by atoms with Crippen LogP contribution in [0.4, 0.5) is 0 Å². The van der Waals surface area contributed by atoms with Crippen LogP contribution >= 0.6 is 11.5 Å². The summed E-state index contributed by atoms with van der Waals surface area (Å²) in [6, 6.07) is 1.78. The normalized spacial score (nSPS) is 9.83. The zero-order valence-corrected chi connectivity index (χ0v) is 7.98. The number of esters is 1. The highest BCUT2D eigenvalue weighted by molar-refractivity contribution is 7.08. The number of hydrogen-bond donors (Lipinski definition) is 0. The number of nitrogens with zero attached hydrogens (tertiary/aromatic N) is 1. The Morgan fingerprint density at radius 1 is 1.67 bits per heavy atom. The van der Waals surface area contributed by atoms with E-state index in [0.717, 1.165) is 12.1 Å². The second-order valence-corrected chi connectivity index (χ2v) is 3.06. The van der Waals surface area contributed by atoms with Gasteiger partial charge in [0.2, 0.25) is 0 Å².